The molecule has 1 heterocycles. The molecule has 0 aliphatic heterocycles. The Morgan fingerprint density at radius 3 is 2.75 bits per heavy atom. The van der Waals surface area contributed by atoms with Gasteiger partial charge < -0.3 is 10.4 Å². The molecular weight excluding hydrogens is 254 g/mol. The standard InChI is InChI=1S/C15H19N3O2/c1-11(19)8-9-16-15(20)14-10-18(17-12(14)2)13-6-4-3-5-7-13/h3-7,10-11,19H,8-9H2,1-2H3,(H,16,20). The number of hydrogen-bond acceptors (Lipinski definition) is 3. The number of benzene rings is 1. The maximum atomic E-state index is 12.0. The zero-order valence-electron chi connectivity index (χ0n) is 11.7. The number of nitrogens with zero attached hydrogens (tertiary/aromatic N) is 2. The number of para-hydroxylation sites is 1. The number of hydrogen-bond donors (Lipinski definition) is 2. The SMILES string of the molecule is Cc1nn(-c2ccccc2)cc1C(=O)NCCC(C)O. The fourth-order valence-electron chi connectivity index (χ4n) is 1.89. The maximum absolute atomic E-state index is 12.0. The fraction of sp³-hybridized carbons (Fsp3) is 0.333. The highest BCUT2D eigenvalue weighted by atomic mass is 16.3. The van der Waals surface area contributed by atoms with E-state index in [-0.39, 0.29) is 5.91 Å². The van der Waals surface area contributed by atoms with Crippen molar-refractivity contribution < 1.29 is 9.90 Å². The molecule has 0 saturated heterocycles. The Hall–Kier alpha value is -2.14. The van der Waals surface area contributed by atoms with Crippen LogP contribution >= 0.6 is 0 Å². The van der Waals surface area contributed by atoms with Crippen molar-refractivity contribution in [3.05, 3.63) is 47.8 Å². The smallest absolute Gasteiger partial charge is 0.254 e. The third kappa shape index (κ3) is 3.45. The molecule has 5 nitrogen and oxygen atoms in total. The second-order valence-electron chi connectivity index (χ2n) is 4.80. The van der Waals surface area contributed by atoms with E-state index in [1.807, 2.05) is 37.3 Å². The number of rotatable bonds is 5. The summed E-state index contributed by atoms with van der Waals surface area (Å²) in [6.07, 6.45) is 1.85. The summed E-state index contributed by atoms with van der Waals surface area (Å²) in [6, 6.07) is 9.65. The third-order valence-corrected chi connectivity index (χ3v) is 3.01. The molecule has 0 radical (unpaired) electrons. The van der Waals surface area contributed by atoms with Crippen LogP contribution in [-0.4, -0.2) is 33.4 Å². The van der Waals surface area contributed by atoms with Crippen molar-refractivity contribution in [2.75, 3.05) is 6.54 Å². The number of carbonyl (C=O) groups excluding carboxylic acids is 1. The van der Waals surface area contributed by atoms with Crippen LogP contribution in [0, 0.1) is 6.92 Å². The van der Waals surface area contributed by atoms with Crippen LogP contribution in [0.1, 0.15) is 29.4 Å². The molecule has 1 amide bonds. The van der Waals surface area contributed by atoms with Crippen molar-refractivity contribution in [2.45, 2.75) is 26.4 Å². The molecule has 1 atom stereocenters. The Morgan fingerprint density at radius 1 is 1.40 bits per heavy atom. The van der Waals surface area contributed by atoms with Crippen molar-refractivity contribution in [2.24, 2.45) is 0 Å². The monoisotopic (exact) mass is 273 g/mol. The van der Waals surface area contributed by atoms with Gasteiger partial charge in [-0.2, -0.15) is 5.10 Å². The first kappa shape index (κ1) is 14.3. The minimum Gasteiger partial charge on any atom is -0.393 e. The van der Waals surface area contributed by atoms with Gasteiger partial charge in [0, 0.05) is 12.7 Å². The molecule has 0 aliphatic rings. The molecule has 0 spiro atoms. The van der Waals surface area contributed by atoms with E-state index in [2.05, 4.69) is 10.4 Å². The summed E-state index contributed by atoms with van der Waals surface area (Å²) >= 11 is 0. The maximum Gasteiger partial charge on any atom is 0.254 e. The van der Waals surface area contributed by atoms with E-state index in [0.29, 0.717) is 24.2 Å². The van der Waals surface area contributed by atoms with E-state index in [1.165, 1.54) is 0 Å². The van der Waals surface area contributed by atoms with Crippen LogP contribution in [-0.2, 0) is 0 Å². The molecule has 2 rings (SSSR count). The number of amides is 1. The average Bonchev–Trinajstić information content (AvgIpc) is 2.81. The van der Waals surface area contributed by atoms with Gasteiger partial charge in [0.25, 0.3) is 5.91 Å². The van der Waals surface area contributed by atoms with E-state index in [0.717, 1.165) is 5.69 Å². The predicted octanol–water partition coefficient (Wildman–Crippen LogP) is 1.68. The Balaban J connectivity index is 2.10. The molecule has 1 aromatic heterocycles. The van der Waals surface area contributed by atoms with Gasteiger partial charge in [0.1, 0.15) is 0 Å². The highest BCUT2D eigenvalue weighted by Gasteiger charge is 2.13. The molecule has 0 bridgehead atoms. The average molecular weight is 273 g/mol. The van der Waals surface area contributed by atoms with Crippen LogP contribution in [0.25, 0.3) is 5.69 Å². The van der Waals surface area contributed by atoms with E-state index in [9.17, 15) is 9.90 Å². The molecule has 20 heavy (non-hydrogen) atoms. The normalized spacial score (nSPS) is 12.2. The van der Waals surface area contributed by atoms with E-state index >= 15 is 0 Å². The molecular formula is C15H19N3O2. The second kappa shape index (κ2) is 6.34. The Kier molecular flexibility index (Phi) is 4.53. The van der Waals surface area contributed by atoms with Gasteiger partial charge in [-0.3, -0.25) is 4.79 Å². The number of aliphatic hydroxyl groups excluding tert-OH is 1. The van der Waals surface area contributed by atoms with Crippen molar-refractivity contribution in [3.63, 3.8) is 0 Å². The molecule has 0 saturated carbocycles. The number of aryl methyl sites for hydroxylation is 1. The Bertz CT molecular complexity index is 576. The van der Waals surface area contributed by atoms with Crippen LogP contribution in [0.3, 0.4) is 0 Å². The lowest BCUT2D eigenvalue weighted by Crippen LogP contribution is -2.26. The molecule has 2 N–H and O–H groups in total. The molecule has 106 valence electrons. The van der Waals surface area contributed by atoms with Crippen LogP contribution in [0.15, 0.2) is 36.5 Å². The van der Waals surface area contributed by atoms with E-state index < -0.39 is 6.10 Å². The molecule has 1 unspecified atom stereocenters. The van der Waals surface area contributed by atoms with Gasteiger partial charge in [-0.05, 0) is 32.4 Å². The number of nitrogens with one attached hydrogen (secondary N) is 1. The van der Waals surface area contributed by atoms with Gasteiger partial charge in [-0.15, -0.1) is 0 Å². The van der Waals surface area contributed by atoms with Crippen LogP contribution in [0.5, 0.6) is 0 Å². The van der Waals surface area contributed by atoms with Crippen LogP contribution in [0.4, 0.5) is 0 Å². The topological polar surface area (TPSA) is 67.2 Å². The van der Waals surface area contributed by atoms with E-state index in [4.69, 9.17) is 0 Å². The van der Waals surface area contributed by atoms with E-state index in [1.54, 1.807) is 17.8 Å². The largest absolute Gasteiger partial charge is 0.393 e. The molecule has 0 fully saturated rings. The van der Waals surface area contributed by atoms with Crippen molar-refractivity contribution in [1.82, 2.24) is 15.1 Å². The fourth-order valence-corrected chi connectivity index (χ4v) is 1.89. The highest BCUT2D eigenvalue weighted by Crippen LogP contribution is 2.11. The Morgan fingerprint density at radius 2 is 2.10 bits per heavy atom. The van der Waals surface area contributed by atoms with Gasteiger partial charge >= 0.3 is 0 Å². The highest BCUT2D eigenvalue weighted by molar-refractivity contribution is 5.95. The first-order chi connectivity index (χ1) is 9.58. The Labute approximate surface area is 118 Å². The summed E-state index contributed by atoms with van der Waals surface area (Å²) in [7, 11) is 0. The van der Waals surface area contributed by atoms with Crippen molar-refractivity contribution in [1.29, 1.82) is 0 Å². The van der Waals surface area contributed by atoms with Crippen LogP contribution in [0.2, 0.25) is 0 Å². The quantitative estimate of drug-likeness (QED) is 0.871. The summed E-state index contributed by atoms with van der Waals surface area (Å²) in [5.41, 5.74) is 2.15. The lowest BCUT2D eigenvalue weighted by atomic mass is 10.2. The van der Waals surface area contributed by atoms with Gasteiger partial charge in [-0.25, -0.2) is 4.68 Å². The van der Waals surface area contributed by atoms with Gasteiger partial charge in [-0.1, -0.05) is 18.2 Å². The summed E-state index contributed by atoms with van der Waals surface area (Å²) in [6.45, 7) is 3.96. The lowest BCUT2D eigenvalue weighted by Gasteiger charge is -2.05. The summed E-state index contributed by atoms with van der Waals surface area (Å²) in [4.78, 5) is 12.0. The minimum absolute atomic E-state index is 0.162. The second-order valence-corrected chi connectivity index (χ2v) is 4.80. The number of carbonyl (C=O) groups is 1. The minimum atomic E-state index is -0.413. The lowest BCUT2D eigenvalue weighted by molar-refractivity contribution is 0.0945. The molecule has 5 heteroatoms. The number of aromatic nitrogens is 2. The van der Waals surface area contributed by atoms with Crippen molar-refractivity contribution in [3.8, 4) is 5.69 Å². The molecule has 1 aromatic carbocycles. The zero-order chi connectivity index (χ0) is 14.5. The third-order valence-electron chi connectivity index (χ3n) is 3.01. The number of aliphatic hydroxyl groups is 1. The first-order valence-electron chi connectivity index (χ1n) is 6.66. The summed E-state index contributed by atoms with van der Waals surface area (Å²) < 4.78 is 1.69. The molecule has 0 aliphatic carbocycles. The summed E-state index contributed by atoms with van der Waals surface area (Å²) in [5, 5.41) is 16.3. The zero-order valence-corrected chi connectivity index (χ0v) is 11.7. The summed E-state index contributed by atoms with van der Waals surface area (Å²) in [5.74, 6) is -0.162. The predicted molar refractivity (Wildman–Crippen MR) is 76.9 cm³/mol. The van der Waals surface area contributed by atoms with Crippen molar-refractivity contribution >= 4 is 5.91 Å². The first-order valence-corrected chi connectivity index (χ1v) is 6.66. The van der Waals surface area contributed by atoms with Gasteiger partial charge in [0.05, 0.1) is 23.0 Å². The van der Waals surface area contributed by atoms with Gasteiger partial charge in [0.15, 0.2) is 0 Å². The van der Waals surface area contributed by atoms with Crippen LogP contribution < -0.4 is 5.32 Å². The van der Waals surface area contributed by atoms with Gasteiger partial charge in [0.2, 0.25) is 0 Å². The molecule has 2 aromatic rings.